The molecule has 2 nitrogen and oxygen atoms in total. The topological polar surface area (TPSA) is 40.9 Å². The van der Waals surface area contributed by atoms with Crippen molar-refractivity contribution in [2.45, 2.75) is 64.7 Å². The lowest BCUT2D eigenvalue weighted by atomic mass is 9.47. The largest absolute Gasteiger partial charge is 0.295 e. The molecule has 0 saturated heterocycles. The number of nitrogens with zero attached hydrogens (tertiary/aromatic N) is 1. The number of rotatable bonds is 1. The zero-order chi connectivity index (χ0) is 17.0. The van der Waals surface area contributed by atoms with Gasteiger partial charge in [-0.3, -0.25) is 4.79 Å². The summed E-state index contributed by atoms with van der Waals surface area (Å²) in [4.78, 5) is 12.1. The molecule has 132 valence electrons. The number of carbonyl (C=O) groups is 1. The van der Waals surface area contributed by atoms with Crippen LogP contribution in [0, 0.1) is 63.6 Å². The zero-order valence-electron chi connectivity index (χ0n) is 15.3. The predicted molar refractivity (Wildman–Crippen MR) is 95.2 cm³/mol. The van der Waals surface area contributed by atoms with Crippen molar-refractivity contribution in [2.24, 2.45) is 52.3 Å². The van der Waals surface area contributed by atoms with E-state index in [4.69, 9.17) is 0 Å². The lowest BCUT2D eigenvalue weighted by molar-refractivity contribution is -0.116. The van der Waals surface area contributed by atoms with Gasteiger partial charge in [-0.2, -0.15) is 5.26 Å². The van der Waals surface area contributed by atoms with E-state index in [0.29, 0.717) is 28.4 Å². The SMILES string of the molecule is CC[C@]12CCC3C4CCC(=O)C=C4C4(CC4)CC3C1[C@@H]1C[C@@H]1[C@@H]2C#N. The molecule has 0 aromatic heterocycles. The molecule has 0 aromatic rings. The van der Waals surface area contributed by atoms with Crippen LogP contribution in [0.2, 0.25) is 0 Å². The van der Waals surface area contributed by atoms with Gasteiger partial charge in [0.25, 0.3) is 0 Å². The summed E-state index contributed by atoms with van der Waals surface area (Å²) in [5, 5.41) is 9.93. The van der Waals surface area contributed by atoms with E-state index in [1.807, 2.05) is 0 Å². The van der Waals surface area contributed by atoms with Crippen LogP contribution in [0.25, 0.3) is 0 Å². The molecule has 5 fully saturated rings. The third-order valence-electron chi connectivity index (χ3n) is 9.84. The average Bonchev–Trinajstić information content (AvgIpc) is 3.54. The maximum Gasteiger partial charge on any atom is 0.155 e. The monoisotopic (exact) mass is 335 g/mol. The Hall–Kier alpha value is -1.10. The van der Waals surface area contributed by atoms with Crippen LogP contribution >= 0.6 is 0 Å². The summed E-state index contributed by atoms with van der Waals surface area (Å²) >= 11 is 0. The predicted octanol–water partition coefficient (Wildman–Crippen LogP) is 4.90. The summed E-state index contributed by atoms with van der Waals surface area (Å²) in [5.74, 6) is 5.51. The van der Waals surface area contributed by atoms with Gasteiger partial charge >= 0.3 is 0 Å². The average molecular weight is 335 g/mol. The van der Waals surface area contributed by atoms with Crippen LogP contribution < -0.4 is 0 Å². The number of hydrogen-bond donors (Lipinski definition) is 0. The van der Waals surface area contributed by atoms with E-state index in [9.17, 15) is 10.1 Å². The molecule has 8 atom stereocenters. The van der Waals surface area contributed by atoms with E-state index in [1.165, 1.54) is 44.9 Å². The first-order valence-electron chi connectivity index (χ1n) is 10.8. The third kappa shape index (κ3) is 1.69. The standard InChI is InChI=1S/C23H29NO/c1-2-23-6-5-14-15-4-3-13(25)9-19(15)22(7-8-22)11-18(14)21(23)17-10-16(17)20(23)12-24/h9,14-18,20-21H,2-8,10-11H2,1H3/t14?,15?,16-,17+,18?,20-,21?,23+/m0/s1. The highest BCUT2D eigenvalue weighted by Crippen LogP contribution is 2.78. The van der Waals surface area contributed by atoms with Gasteiger partial charge in [-0.05, 0) is 104 Å². The number of allylic oxidation sites excluding steroid dienone is 1. The fourth-order valence-corrected chi connectivity index (χ4v) is 8.72. The molecule has 4 unspecified atom stereocenters. The number of ketones is 1. The summed E-state index contributed by atoms with van der Waals surface area (Å²) in [6.45, 7) is 2.36. The molecule has 0 amide bonds. The van der Waals surface area contributed by atoms with Crippen molar-refractivity contribution in [3.8, 4) is 6.07 Å². The molecule has 2 heteroatoms. The lowest BCUT2D eigenvalue weighted by Crippen LogP contribution is -2.51. The first-order chi connectivity index (χ1) is 12.1. The van der Waals surface area contributed by atoms with Gasteiger partial charge < -0.3 is 0 Å². The molecule has 0 aromatic carbocycles. The Bertz CT molecular complexity index is 725. The minimum Gasteiger partial charge on any atom is -0.295 e. The Labute approximate surface area is 151 Å². The lowest BCUT2D eigenvalue weighted by Gasteiger charge is -2.57. The molecule has 0 bridgehead atoms. The zero-order valence-corrected chi connectivity index (χ0v) is 15.3. The van der Waals surface area contributed by atoms with Gasteiger partial charge in [-0.25, -0.2) is 0 Å². The van der Waals surface area contributed by atoms with E-state index in [-0.39, 0.29) is 0 Å². The first-order valence-corrected chi connectivity index (χ1v) is 10.8. The van der Waals surface area contributed by atoms with Crippen molar-refractivity contribution in [1.82, 2.24) is 0 Å². The van der Waals surface area contributed by atoms with Gasteiger partial charge in [0.05, 0.1) is 12.0 Å². The van der Waals surface area contributed by atoms with Crippen molar-refractivity contribution in [2.75, 3.05) is 0 Å². The first kappa shape index (κ1) is 15.0. The van der Waals surface area contributed by atoms with Crippen LogP contribution in [0.1, 0.15) is 64.7 Å². The third-order valence-corrected chi connectivity index (χ3v) is 9.84. The molecule has 6 rings (SSSR count). The van der Waals surface area contributed by atoms with Gasteiger partial charge in [0.15, 0.2) is 5.78 Å². The van der Waals surface area contributed by atoms with Crippen LogP contribution in [-0.4, -0.2) is 5.78 Å². The summed E-state index contributed by atoms with van der Waals surface area (Å²) in [7, 11) is 0. The molecule has 0 heterocycles. The second-order valence-corrected chi connectivity index (χ2v) is 10.3. The Kier molecular flexibility index (Phi) is 2.76. The van der Waals surface area contributed by atoms with Crippen LogP contribution in [0.5, 0.6) is 0 Å². The van der Waals surface area contributed by atoms with Gasteiger partial charge in [0.2, 0.25) is 0 Å². The van der Waals surface area contributed by atoms with Gasteiger partial charge in [-0.15, -0.1) is 0 Å². The maximum absolute atomic E-state index is 12.1. The molecular formula is C23H29NO. The van der Waals surface area contributed by atoms with E-state index in [0.717, 1.165) is 42.4 Å². The van der Waals surface area contributed by atoms with E-state index >= 15 is 0 Å². The molecule has 6 aliphatic rings. The minimum absolute atomic E-state index is 0.339. The summed E-state index contributed by atoms with van der Waals surface area (Å²) in [6.07, 6.45) is 13.1. The highest BCUT2D eigenvalue weighted by molar-refractivity contribution is 5.91. The fourth-order valence-electron chi connectivity index (χ4n) is 8.72. The molecule has 0 N–H and O–H groups in total. The molecule has 5 saturated carbocycles. The second-order valence-electron chi connectivity index (χ2n) is 10.3. The quantitative estimate of drug-likeness (QED) is 0.683. The Morgan fingerprint density at radius 3 is 2.72 bits per heavy atom. The highest BCUT2D eigenvalue weighted by Gasteiger charge is 2.72. The van der Waals surface area contributed by atoms with Gasteiger partial charge in [0.1, 0.15) is 0 Å². The molecule has 0 aliphatic heterocycles. The van der Waals surface area contributed by atoms with Crippen molar-refractivity contribution in [3.63, 3.8) is 0 Å². The molecular weight excluding hydrogens is 306 g/mol. The van der Waals surface area contributed by atoms with Crippen LogP contribution in [-0.2, 0) is 4.79 Å². The van der Waals surface area contributed by atoms with E-state index < -0.39 is 0 Å². The Morgan fingerprint density at radius 1 is 1.16 bits per heavy atom. The molecule has 1 spiro atoms. The van der Waals surface area contributed by atoms with Crippen molar-refractivity contribution in [1.29, 1.82) is 5.26 Å². The van der Waals surface area contributed by atoms with Crippen LogP contribution in [0.3, 0.4) is 0 Å². The Balaban J connectivity index is 1.43. The summed E-state index contributed by atoms with van der Waals surface area (Å²) < 4.78 is 0. The van der Waals surface area contributed by atoms with E-state index in [2.05, 4.69) is 19.1 Å². The van der Waals surface area contributed by atoms with E-state index in [1.54, 1.807) is 5.57 Å². The second kappa shape index (κ2) is 4.59. The van der Waals surface area contributed by atoms with Crippen LogP contribution in [0.4, 0.5) is 0 Å². The number of nitriles is 1. The molecule has 25 heavy (non-hydrogen) atoms. The van der Waals surface area contributed by atoms with Gasteiger partial charge in [-0.1, -0.05) is 12.5 Å². The van der Waals surface area contributed by atoms with Crippen molar-refractivity contribution >= 4 is 5.78 Å². The maximum atomic E-state index is 12.1. The normalized spacial score (nSPS) is 53.8. The van der Waals surface area contributed by atoms with Gasteiger partial charge in [0, 0.05) is 6.42 Å². The highest BCUT2D eigenvalue weighted by atomic mass is 16.1. The van der Waals surface area contributed by atoms with Crippen LogP contribution in [0.15, 0.2) is 11.6 Å². The smallest absolute Gasteiger partial charge is 0.155 e. The molecule has 6 aliphatic carbocycles. The number of hydrogen-bond acceptors (Lipinski definition) is 2. The number of fused-ring (bicyclic) bond motifs is 8. The fraction of sp³-hybridized carbons (Fsp3) is 0.826. The Morgan fingerprint density at radius 2 is 2.00 bits per heavy atom. The molecule has 0 radical (unpaired) electrons. The summed E-state index contributed by atoms with van der Waals surface area (Å²) in [6, 6.07) is 2.78. The number of carbonyl (C=O) groups excluding carboxylic acids is 1. The van der Waals surface area contributed by atoms with Crippen molar-refractivity contribution < 1.29 is 4.79 Å². The summed E-state index contributed by atoms with van der Waals surface area (Å²) in [5.41, 5.74) is 2.33. The van der Waals surface area contributed by atoms with Crippen molar-refractivity contribution in [3.05, 3.63) is 11.6 Å². The minimum atomic E-state index is 0.339.